The van der Waals surface area contributed by atoms with Gasteiger partial charge in [0.05, 0.1) is 23.8 Å². The molecule has 2 amide bonds. The molecule has 134 valence electrons. The van der Waals surface area contributed by atoms with Crippen molar-refractivity contribution in [3.8, 4) is 5.75 Å². The molecule has 6 nitrogen and oxygen atoms in total. The van der Waals surface area contributed by atoms with Crippen LogP contribution >= 0.6 is 0 Å². The molecule has 2 fully saturated rings. The molecular weight excluding hydrogens is 334 g/mol. The van der Waals surface area contributed by atoms with Gasteiger partial charge in [-0.1, -0.05) is 13.0 Å². The minimum Gasteiger partial charge on any atom is -0.457 e. The topological polar surface area (TPSA) is 76.8 Å². The Morgan fingerprint density at radius 3 is 2.69 bits per heavy atom. The maximum absolute atomic E-state index is 12.8. The first-order chi connectivity index (χ1) is 12.5. The van der Waals surface area contributed by atoms with Gasteiger partial charge in [0.25, 0.3) is 0 Å². The number of amides is 2. The first-order valence-electron chi connectivity index (χ1n) is 8.78. The Hall–Kier alpha value is -2.89. The highest BCUT2D eigenvalue weighted by atomic mass is 16.5. The van der Waals surface area contributed by atoms with Gasteiger partial charge in [0.2, 0.25) is 17.6 Å². The number of hydrogen-bond acceptors (Lipinski definition) is 5. The maximum atomic E-state index is 12.8. The number of furan rings is 1. The van der Waals surface area contributed by atoms with Gasteiger partial charge in [-0.25, -0.2) is 9.69 Å². The minimum atomic E-state index is -0.631. The van der Waals surface area contributed by atoms with E-state index in [9.17, 15) is 14.4 Å². The predicted octanol–water partition coefficient (Wildman–Crippen LogP) is 3.42. The van der Waals surface area contributed by atoms with Crippen LogP contribution < -0.4 is 9.64 Å². The molecule has 2 aromatic rings. The number of benzene rings is 1. The highest BCUT2D eigenvalue weighted by Crippen LogP contribution is 2.42. The fraction of sp³-hybridized carbons (Fsp3) is 0.350. The summed E-state index contributed by atoms with van der Waals surface area (Å²) >= 11 is 0. The Morgan fingerprint density at radius 1 is 1.12 bits per heavy atom. The summed E-state index contributed by atoms with van der Waals surface area (Å²) in [5, 5.41) is 0. The molecule has 0 bridgehead atoms. The molecule has 1 saturated carbocycles. The molecule has 1 aromatic carbocycles. The molecule has 26 heavy (non-hydrogen) atoms. The number of imide groups is 1. The molecule has 1 aliphatic heterocycles. The Labute approximate surface area is 150 Å². The molecule has 6 heteroatoms. The van der Waals surface area contributed by atoms with E-state index >= 15 is 0 Å². The number of carbonyl (C=O) groups excluding carboxylic acids is 3. The number of nitrogens with zero attached hydrogens (tertiary/aromatic N) is 1. The van der Waals surface area contributed by atoms with Crippen molar-refractivity contribution in [2.75, 3.05) is 4.90 Å². The van der Waals surface area contributed by atoms with E-state index in [0.717, 1.165) is 19.3 Å². The van der Waals surface area contributed by atoms with E-state index in [-0.39, 0.29) is 35.2 Å². The second-order valence-corrected chi connectivity index (χ2v) is 7.01. The van der Waals surface area contributed by atoms with Crippen LogP contribution in [0, 0.1) is 17.8 Å². The van der Waals surface area contributed by atoms with Gasteiger partial charge in [-0.3, -0.25) is 9.59 Å². The number of rotatable bonds is 3. The number of hydrogen-bond donors (Lipinski definition) is 0. The van der Waals surface area contributed by atoms with Crippen molar-refractivity contribution in [1.29, 1.82) is 0 Å². The lowest BCUT2D eigenvalue weighted by atomic mass is 9.76. The summed E-state index contributed by atoms with van der Waals surface area (Å²) in [6, 6.07) is 9.58. The van der Waals surface area contributed by atoms with E-state index in [1.165, 1.54) is 23.3 Å². The zero-order valence-electron chi connectivity index (χ0n) is 14.4. The average Bonchev–Trinajstić information content (AvgIpc) is 3.23. The van der Waals surface area contributed by atoms with Gasteiger partial charge >= 0.3 is 5.97 Å². The Balaban J connectivity index is 1.57. The first-order valence-corrected chi connectivity index (χ1v) is 8.78. The molecule has 3 atom stereocenters. The molecule has 1 aliphatic carbocycles. The second-order valence-electron chi connectivity index (χ2n) is 7.01. The smallest absolute Gasteiger partial charge is 0.379 e. The van der Waals surface area contributed by atoms with Gasteiger partial charge in [0.15, 0.2) is 0 Å². The fourth-order valence-corrected chi connectivity index (χ4v) is 3.88. The largest absolute Gasteiger partial charge is 0.457 e. The van der Waals surface area contributed by atoms with Crippen LogP contribution in [0.15, 0.2) is 47.1 Å². The minimum absolute atomic E-state index is 0.0868. The molecule has 4 rings (SSSR count). The van der Waals surface area contributed by atoms with Gasteiger partial charge in [-0.2, -0.15) is 0 Å². The van der Waals surface area contributed by atoms with Crippen molar-refractivity contribution in [2.45, 2.75) is 26.2 Å². The standard InChI is InChI=1S/C20H19NO5/c1-12-7-8-15-16(10-12)19(23)21(18(15)22)13-4-2-5-14(11-13)26-20(24)17-6-3-9-25-17/h2-6,9,11-12,15-16H,7-8,10H2,1H3/t12-,15+,16+/m1/s1. The summed E-state index contributed by atoms with van der Waals surface area (Å²) in [5.41, 5.74) is 0.437. The molecule has 2 heterocycles. The summed E-state index contributed by atoms with van der Waals surface area (Å²) < 4.78 is 10.3. The van der Waals surface area contributed by atoms with E-state index in [1.807, 2.05) is 0 Å². The van der Waals surface area contributed by atoms with Crippen LogP contribution in [0.2, 0.25) is 0 Å². The van der Waals surface area contributed by atoms with Crippen LogP contribution in [0.25, 0.3) is 0 Å². The third kappa shape index (κ3) is 2.81. The Kier molecular flexibility index (Phi) is 4.11. The lowest BCUT2D eigenvalue weighted by molar-refractivity contribution is -0.122. The molecule has 1 saturated heterocycles. The Bertz CT molecular complexity index is 857. The van der Waals surface area contributed by atoms with Gasteiger partial charge < -0.3 is 9.15 Å². The highest BCUT2D eigenvalue weighted by Gasteiger charge is 2.50. The van der Waals surface area contributed by atoms with E-state index in [2.05, 4.69) is 6.92 Å². The van der Waals surface area contributed by atoms with E-state index in [1.54, 1.807) is 24.3 Å². The first kappa shape index (κ1) is 16.6. The summed E-state index contributed by atoms with van der Waals surface area (Å²) in [6.45, 7) is 2.12. The Morgan fingerprint density at radius 2 is 1.92 bits per heavy atom. The second kappa shape index (κ2) is 6.44. The van der Waals surface area contributed by atoms with Crippen molar-refractivity contribution in [2.24, 2.45) is 17.8 Å². The zero-order chi connectivity index (χ0) is 18.3. The molecule has 1 aromatic heterocycles. The maximum Gasteiger partial charge on any atom is 0.379 e. The summed E-state index contributed by atoms with van der Waals surface area (Å²) in [4.78, 5) is 38.8. The lowest BCUT2D eigenvalue weighted by Crippen LogP contribution is -2.30. The third-order valence-electron chi connectivity index (χ3n) is 5.20. The predicted molar refractivity (Wildman–Crippen MR) is 92.6 cm³/mol. The number of esters is 1. The summed E-state index contributed by atoms with van der Waals surface area (Å²) in [7, 11) is 0. The van der Waals surface area contributed by atoms with Crippen LogP contribution in [0.5, 0.6) is 5.75 Å². The van der Waals surface area contributed by atoms with Gasteiger partial charge in [-0.05, 0) is 49.4 Å². The van der Waals surface area contributed by atoms with Crippen LogP contribution in [-0.2, 0) is 9.59 Å². The van der Waals surface area contributed by atoms with Crippen molar-refractivity contribution in [3.63, 3.8) is 0 Å². The van der Waals surface area contributed by atoms with Gasteiger partial charge in [0, 0.05) is 6.07 Å². The van der Waals surface area contributed by atoms with Crippen LogP contribution in [0.1, 0.15) is 36.7 Å². The monoisotopic (exact) mass is 353 g/mol. The molecule has 0 radical (unpaired) electrons. The van der Waals surface area contributed by atoms with E-state index in [4.69, 9.17) is 9.15 Å². The molecular formula is C20H19NO5. The number of fused-ring (bicyclic) bond motifs is 1. The number of anilines is 1. The van der Waals surface area contributed by atoms with E-state index in [0.29, 0.717) is 11.6 Å². The molecule has 0 unspecified atom stereocenters. The zero-order valence-corrected chi connectivity index (χ0v) is 14.4. The normalized spacial score (nSPS) is 25.3. The summed E-state index contributed by atoms with van der Waals surface area (Å²) in [5.74, 6) is -0.602. The summed E-state index contributed by atoms with van der Waals surface area (Å²) in [6.07, 6.45) is 3.85. The number of ether oxygens (including phenoxy) is 1. The van der Waals surface area contributed by atoms with Crippen molar-refractivity contribution in [3.05, 3.63) is 48.4 Å². The molecule has 0 N–H and O–H groups in total. The SMILES string of the molecule is C[C@@H]1CC[C@@H]2C(=O)N(c3cccc(OC(=O)c4ccco4)c3)C(=O)[C@H]2C1. The van der Waals surface area contributed by atoms with Crippen LogP contribution in [-0.4, -0.2) is 17.8 Å². The quantitative estimate of drug-likeness (QED) is 0.480. The van der Waals surface area contributed by atoms with Crippen LogP contribution in [0.3, 0.4) is 0 Å². The van der Waals surface area contributed by atoms with E-state index < -0.39 is 5.97 Å². The number of carbonyl (C=O) groups is 3. The van der Waals surface area contributed by atoms with Gasteiger partial charge in [-0.15, -0.1) is 0 Å². The average molecular weight is 353 g/mol. The highest BCUT2D eigenvalue weighted by molar-refractivity contribution is 6.22. The molecule has 0 spiro atoms. The van der Waals surface area contributed by atoms with Gasteiger partial charge in [0.1, 0.15) is 5.75 Å². The lowest BCUT2D eigenvalue weighted by Gasteiger charge is -2.25. The third-order valence-corrected chi connectivity index (χ3v) is 5.20. The fourth-order valence-electron chi connectivity index (χ4n) is 3.88. The van der Waals surface area contributed by atoms with Crippen LogP contribution in [0.4, 0.5) is 5.69 Å². The van der Waals surface area contributed by atoms with Crippen molar-refractivity contribution in [1.82, 2.24) is 0 Å². The van der Waals surface area contributed by atoms with Crippen molar-refractivity contribution < 1.29 is 23.5 Å². The van der Waals surface area contributed by atoms with Crippen molar-refractivity contribution >= 4 is 23.5 Å². The molecule has 2 aliphatic rings.